The quantitative estimate of drug-likeness (QED) is 0.610. The summed E-state index contributed by atoms with van der Waals surface area (Å²) in [5.74, 6) is -0.459. The highest BCUT2D eigenvalue weighted by Crippen LogP contribution is 2.28. The van der Waals surface area contributed by atoms with Crippen LogP contribution in [0.5, 0.6) is 0 Å². The average molecular weight is 381 g/mol. The lowest BCUT2D eigenvalue weighted by Crippen LogP contribution is -2.22. The summed E-state index contributed by atoms with van der Waals surface area (Å²) in [7, 11) is 0. The monoisotopic (exact) mass is 380 g/mol. The van der Waals surface area contributed by atoms with Gasteiger partial charge in [-0.05, 0) is 31.5 Å². The first-order valence-electron chi connectivity index (χ1n) is 8.18. The number of carbonyl (C=O) groups is 1. The van der Waals surface area contributed by atoms with Crippen LogP contribution in [0.1, 0.15) is 37.0 Å². The lowest BCUT2D eigenvalue weighted by Gasteiger charge is -2.13. The highest BCUT2D eigenvalue weighted by Gasteiger charge is 2.17. The summed E-state index contributed by atoms with van der Waals surface area (Å²) < 4.78 is 8.40. The first kappa shape index (κ1) is 17.8. The van der Waals surface area contributed by atoms with Crippen molar-refractivity contribution in [2.24, 2.45) is 0 Å². The van der Waals surface area contributed by atoms with E-state index in [1.165, 1.54) is 0 Å². The highest BCUT2D eigenvalue weighted by atomic mass is 35.5. The number of nitrogens with zero attached hydrogens (tertiary/aromatic N) is 2. The molecule has 132 valence electrons. The van der Waals surface area contributed by atoms with E-state index >= 15 is 0 Å². The maximum Gasteiger partial charge on any atom is 0.339 e. The van der Waals surface area contributed by atoms with Gasteiger partial charge >= 0.3 is 5.97 Å². The molecule has 0 aliphatic rings. The van der Waals surface area contributed by atoms with Gasteiger partial charge in [0.25, 0.3) is 5.56 Å². The van der Waals surface area contributed by atoms with Crippen molar-refractivity contribution < 1.29 is 9.53 Å². The number of unbranched alkanes of at least 4 members (excludes halogenated alkanes) is 1. The molecule has 7 heteroatoms. The zero-order valence-electron chi connectivity index (χ0n) is 14.0. The van der Waals surface area contributed by atoms with Crippen molar-refractivity contribution in [3.63, 3.8) is 0 Å². The summed E-state index contributed by atoms with van der Waals surface area (Å²) in [5, 5.41) is 0.776. The van der Waals surface area contributed by atoms with E-state index in [1.807, 2.05) is 0 Å². The third-order valence-corrected chi connectivity index (χ3v) is 4.82. The number of benzene rings is 1. The van der Waals surface area contributed by atoms with Crippen LogP contribution in [0.4, 0.5) is 0 Å². The van der Waals surface area contributed by atoms with Crippen LogP contribution in [0.3, 0.4) is 0 Å². The van der Waals surface area contributed by atoms with Gasteiger partial charge in [0, 0.05) is 12.7 Å². The van der Waals surface area contributed by atoms with Crippen LogP contribution in [-0.4, -0.2) is 21.5 Å². The molecule has 0 unspecified atom stereocenters. The zero-order valence-corrected chi connectivity index (χ0v) is 15.5. The van der Waals surface area contributed by atoms with E-state index < -0.39 is 5.97 Å². The number of aryl methyl sites for hydroxylation is 1. The van der Waals surface area contributed by atoms with E-state index in [2.05, 4.69) is 6.92 Å². The molecule has 3 aromatic rings. The van der Waals surface area contributed by atoms with E-state index in [1.54, 1.807) is 40.3 Å². The van der Waals surface area contributed by atoms with Crippen LogP contribution in [0.2, 0.25) is 10.0 Å². The van der Waals surface area contributed by atoms with Gasteiger partial charge in [-0.3, -0.25) is 4.79 Å². The van der Waals surface area contributed by atoms with Crippen LogP contribution < -0.4 is 5.56 Å². The Balaban J connectivity index is 2.36. The van der Waals surface area contributed by atoms with Gasteiger partial charge in [-0.15, -0.1) is 0 Å². The van der Waals surface area contributed by atoms with Crippen molar-refractivity contribution in [2.45, 2.75) is 33.2 Å². The molecule has 2 aromatic heterocycles. The van der Waals surface area contributed by atoms with Crippen molar-refractivity contribution in [1.29, 1.82) is 0 Å². The normalized spacial score (nSPS) is 11.4. The molecule has 0 amide bonds. The molecule has 0 atom stereocenters. The van der Waals surface area contributed by atoms with Gasteiger partial charge in [-0.1, -0.05) is 36.5 Å². The molecule has 25 heavy (non-hydrogen) atoms. The third kappa shape index (κ3) is 3.14. The fourth-order valence-corrected chi connectivity index (χ4v) is 3.19. The molecule has 0 saturated carbocycles. The molecule has 0 N–H and O–H groups in total. The Kier molecular flexibility index (Phi) is 5.06. The second kappa shape index (κ2) is 7.10. The van der Waals surface area contributed by atoms with Gasteiger partial charge in [-0.2, -0.15) is 0 Å². The Morgan fingerprint density at radius 1 is 1.08 bits per heavy atom. The van der Waals surface area contributed by atoms with Gasteiger partial charge in [0.1, 0.15) is 5.52 Å². The number of fused-ring (bicyclic) bond motifs is 3. The minimum Gasteiger partial charge on any atom is -0.462 e. The van der Waals surface area contributed by atoms with Gasteiger partial charge in [0.05, 0.1) is 33.2 Å². The molecule has 0 fully saturated rings. The smallest absolute Gasteiger partial charge is 0.339 e. The summed E-state index contributed by atoms with van der Waals surface area (Å²) in [5.41, 5.74) is 1.97. The summed E-state index contributed by atoms with van der Waals surface area (Å²) in [6.07, 6.45) is 3.41. The Morgan fingerprint density at radius 3 is 2.40 bits per heavy atom. The maximum atomic E-state index is 13.0. The standard InChI is InChI=1S/C18H18Cl2N2O3/c1-3-5-6-21-14-8-12(19)13(20)9-15(14)22-10-11(18(24)25-4-2)7-16(22)17(21)23/h7-10H,3-6H2,1-2H3. The fraction of sp³-hybridized carbons (Fsp3) is 0.333. The minimum atomic E-state index is -0.459. The van der Waals surface area contributed by atoms with Gasteiger partial charge in [0.2, 0.25) is 0 Å². The SMILES string of the molecule is CCCCn1c(=O)c2cc(C(=O)OCC)cn2c2cc(Cl)c(Cl)cc21. The van der Waals surface area contributed by atoms with Crippen LogP contribution >= 0.6 is 23.2 Å². The van der Waals surface area contributed by atoms with Gasteiger partial charge in [-0.25, -0.2) is 4.79 Å². The van der Waals surface area contributed by atoms with Crippen molar-refractivity contribution in [3.05, 3.63) is 50.4 Å². The molecule has 0 aliphatic carbocycles. The van der Waals surface area contributed by atoms with Crippen molar-refractivity contribution in [2.75, 3.05) is 6.61 Å². The second-order valence-electron chi connectivity index (χ2n) is 5.77. The summed E-state index contributed by atoms with van der Waals surface area (Å²) in [6, 6.07) is 4.97. The fourth-order valence-electron chi connectivity index (χ4n) is 2.87. The second-order valence-corrected chi connectivity index (χ2v) is 6.58. The number of carbonyl (C=O) groups excluding carboxylic acids is 1. The number of halogens is 2. The predicted octanol–water partition coefficient (Wildman–Crippen LogP) is 4.54. The van der Waals surface area contributed by atoms with Crippen LogP contribution in [0, 0.1) is 0 Å². The van der Waals surface area contributed by atoms with Crippen LogP contribution in [0.15, 0.2) is 29.2 Å². The molecule has 0 radical (unpaired) electrons. The number of esters is 1. The van der Waals surface area contributed by atoms with Crippen molar-refractivity contribution in [1.82, 2.24) is 8.97 Å². The summed E-state index contributed by atoms with van der Waals surface area (Å²) >= 11 is 12.3. The number of hydrogen-bond acceptors (Lipinski definition) is 3. The largest absolute Gasteiger partial charge is 0.462 e. The van der Waals surface area contributed by atoms with E-state index in [4.69, 9.17) is 27.9 Å². The van der Waals surface area contributed by atoms with Gasteiger partial charge < -0.3 is 13.7 Å². The number of rotatable bonds is 5. The molecule has 5 nitrogen and oxygen atoms in total. The number of aromatic nitrogens is 2. The Hall–Kier alpha value is -1.98. The molecule has 0 bridgehead atoms. The first-order valence-corrected chi connectivity index (χ1v) is 8.94. The van der Waals surface area contributed by atoms with E-state index in [9.17, 15) is 9.59 Å². The first-order chi connectivity index (χ1) is 12.0. The predicted molar refractivity (Wildman–Crippen MR) is 100 cm³/mol. The van der Waals surface area contributed by atoms with E-state index in [0.29, 0.717) is 33.2 Å². The molecule has 3 rings (SSSR count). The molecule has 0 aliphatic heterocycles. The van der Waals surface area contributed by atoms with E-state index in [0.717, 1.165) is 18.4 Å². The third-order valence-electron chi connectivity index (χ3n) is 4.10. The average Bonchev–Trinajstić information content (AvgIpc) is 3.03. The summed E-state index contributed by atoms with van der Waals surface area (Å²) in [6.45, 7) is 4.64. The Labute approximate surface area is 154 Å². The number of hydrogen-bond donors (Lipinski definition) is 0. The van der Waals surface area contributed by atoms with E-state index in [-0.39, 0.29) is 12.2 Å². The Morgan fingerprint density at radius 2 is 1.76 bits per heavy atom. The molecule has 0 spiro atoms. The lowest BCUT2D eigenvalue weighted by atomic mass is 10.2. The van der Waals surface area contributed by atoms with Gasteiger partial charge in [0.15, 0.2) is 0 Å². The van der Waals surface area contributed by atoms with Crippen molar-refractivity contribution in [3.8, 4) is 0 Å². The molecule has 1 aromatic carbocycles. The molecule has 0 saturated heterocycles. The summed E-state index contributed by atoms with van der Waals surface area (Å²) in [4.78, 5) is 25.0. The maximum absolute atomic E-state index is 13.0. The molecule has 2 heterocycles. The number of ether oxygens (including phenoxy) is 1. The Bertz CT molecular complexity index is 1020. The van der Waals surface area contributed by atoms with Crippen LogP contribution in [0.25, 0.3) is 16.6 Å². The lowest BCUT2D eigenvalue weighted by molar-refractivity contribution is 0.0526. The topological polar surface area (TPSA) is 52.7 Å². The van der Waals surface area contributed by atoms with Crippen molar-refractivity contribution >= 4 is 45.7 Å². The minimum absolute atomic E-state index is 0.171. The molecular weight excluding hydrogens is 363 g/mol. The highest BCUT2D eigenvalue weighted by molar-refractivity contribution is 6.42. The molecular formula is C18H18Cl2N2O3. The zero-order chi connectivity index (χ0) is 18.1. The van der Waals surface area contributed by atoms with Crippen LogP contribution in [-0.2, 0) is 11.3 Å².